The molecule has 0 spiro atoms. The van der Waals surface area contributed by atoms with E-state index >= 15 is 0 Å². The summed E-state index contributed by atoms with van der Waals surface area (Å²) in [6.45, 7) is 16.3. The fraction of sp³-hybridized carbons (Fsp3) is 0.561. The van der Waals surface area contributed by atoms with Crippen LogP contribution in [0.4, 0.5) is 5.95 Å². The molecule has 0 bridgehead atoms. The first kappa shape index (κ1) is 70.1. The molecule has 3 aromatic rings. The van der Waals surface area contributed by atoms with E-state index in [9.17, 15) is 43.8 Å². The van der Waals surface area contributed by atoms with Crippen molar-refractivity contribution in [3.63, 3.8) is 0 Å². The number of hydrogen-bond acceptors (Lipinski definition) is 20. The van der Waals surface area contributed by atoms with Crippen molar-refractivity contribution in [1.29, 1.82) is 0 Å². The zero-order chi connectivity index (χ0) is 60.3. The zero-order valence-corrected chi connectivity index (χ0v) is 48.2. The van der Waals surface area contributed by atoms with E-state index < -0.39 is 23.8 Å². The maximum absolute atomic E-state index is 13.2. The van der Waals surface area contributed by atoms with E-state index in [1.165, 1.54) is 18.2 Å². The number of amides is 6. The van der Waals surface area contributed by atoms with Gasteiger partial charge in [0.15, 0.2) is 0 Å². The minimum Gasteiger partial charge on any atom is -0.508 e. The summed E-state index contributed by atoms with van der Waals surface area (Å²) in [5.41, 5.74) is 2.09. The maximum Gasteiger partial charge on any atom is 0.328 e. The molecule has 7 N–H and O–H groups in total. The van der Waals surface area contributed by atoms with E-state index in [2.05, 4.69) is 36.6 Å². The van der Waals surface area contributed by atoms with Crippen LogP contribution in [0.5, 0.6) is 11.5 Å². The Kier molecular flexibility index (Phi) is 36.7. The molecule has 6 amide bonds. The van der Waals surface area contributed by atoms with Crippen LogP contribution in [0, 0.1) is 13.8 Å². The number of rotatable bonds is 45. The number of aromatic nitrogens is 2. The SMILES string of the molecule is CCOCCOCCOCCOCCC(=O)NCCCOc1cccc(C(=O)NC[C@H](NC(=O)c2c(C)nc(NCCCc3cccc(O)c3)nc2C)C(=O)O)c1.CCOCCOCCOCCOCCNC(=O)CCN1C(=O)C=CC1=O. The molecule has 4 rings (SSSR count). The third-order valence-corrected chi connectivity index (χ3v) is 11.6. The zero-order valence-electron chi connectivity index (χ0n) is 48.2. The van der Waals surface area contributed by atoms with Crippen molar-refractivity contribution in [2.24, 2.45) is 0 Å². The molecule has 0 saturated heterocycles. The lowest BCUT2D eigenvalue weighted by molar-refractivity contribution is -0.139. The molecule has 1 atom stereocenters. The predicted octanol–water partition coefficient (Wildman–Crippen LogP) is 2.32. The molecule has 460 valence electrons. The lowest BCUT2D eigenvalue weighted by Gasteiger charge is -2.17. The van der Waals surface area contributed by atoms with Gasteiger partial charge in [-0.3, -0.25) is 33.7 Å². The number of phenols is 1. The minimum absolute atomic E-state index is 0.0750. The Hall–Kier alpha value is -7.17. The monoisotopic (exact) mass is 1170 g/mol. The van der Waals surface area contributed by atoms with Crippen LogP contribution in [-0.2, 0) is 68.3 Å². The summed E-state index contributed by atoms with van der Waals surface area (Å²) in [7, 11) is 0. The van der Waals surface area contributed by atoms with Gasteiger partial charge in [0.25, 0.3) is 23.6 Å². The highest BCUT2D eigenvalue weighted by atomic mass is 16.6. The quantitative estimate of drug-likeness (QED) is 0.0315. The van der Waals surface area contributed by atoms with Gasteiger partial charge in [-0.05, 0) is 82.9 Å². The molecule has 0 radical (unpaired) electrons. The molecule has 2 aromatic carbocycles. The lowest BCUT2D eigenvalue weighted by atomic mass is 10.1. The molecule has 2 heterocycles. The van der Waals surface area contributed by atoms with Crippen LogP contribution in [0.3, 0.4) is 0 Å². The van der Waals surface area contributed by atoms with E-state index in [-0.39, 0.29) is 79.7 Å². The molecule has 1 aromatic heterocycles. The number of aryl methyl sites for hydroxylation is 3. The van der Waals surface area contributed by atoms with Gasteiger partial charge in [-0.25, -0.2) is 14.8 Å². The number of anilines is 1. The van der Waals surface area contributed by atoms with Crippen molar-refractivity contribution in [3.05, 3.63) is 88.8 Å². The number of phenolic OH excluding ortho intramolecular Hbond substituents is 1. The number of carboxylic acids is 1. The van der Waals surface area contributed by atoms with E-state index in [0.29, 0.717) is 148 Å². The molecule has 0 fully saturated rings. The van der Waals surface area contributed by atoms with Gasteiger partial charge >= 0.3 is 5.97 Å². The number of aliphatic carboxylic acids is 1. The van der Waals surface area contributed by atoms with E-state index in [0.717, 1.165) is 23.3 Å². The molecular weight excluding hydrogens is 1080 g/mol. The molecule has 83 heavy (non-hydrogen) atoms. The molecular formula is C57H84N8O18. The van der Waals surface area contributed by atoms with Crippen LogP contribution in [0.25, 0.3) is 0 Å². The highest BCUT2D eigenvalue weighted by Gasteiger charge is 2.26. The van der Waals surface area contributed by atoms with Gasteiger partial charge in [-0.2, -0.15) is 0 Å². The number of nitrogens with zero attached hydrogens (tertiary/aromatic N) is 3. The Bertz CT molecular complexity index is 2410. The summed E-state index contributed by atoms with van der Waals surface area (Å²) in [4.78, 5) is 94.3. The van der Waals surface area contributed by atoms with Crippen molar-refractivity contribution in [1.82, 2.24) is 36.1 Å². The van der Waals surface area contributed by atoms with Gasteiger partial charge in [0, 0.05) is 76.5 Å². The Morgan fingerprint density at radius 3 is 1.71 bits per heavy atom. The maximum atomic E-state index is 13.2. The highest BCUT2D eigenvalue weighted by molar-refractivity contribution is 6.13. The Morgan fingerprint density at radius 1 is 0.590 bits per heavy atom. The van der Waals surface area contributed by atoms with Gasteiger partial charge in [0.1, 0.15) is 17.5 Å². The lowest BCUT2D eigenvalue weighted by Crippen LogP contribution is -2.48. The molecule has 26 heteroatoms. The average Bonchev–Trinajstić information content (AvgIpc) is 3.90. The van der Waals surface area contributed by atoms with Crippen molar-refractivity contribution in [2.75, 3.05) is 150 Å². The summed E-state index contributed by atoms with van der Waals surface area (Å²) in [5.74, 6) is -2.76. The largest absolute Gasteiger partial charge is 0.508 e. The Balaban J connectivity index is 0.000000579. The van der Waals surface area contributed by atoms with Crippen molar-refractivity contribution < 1.29 is 86.4 Å². The average molecular weight is 1170 g/mol. The van der Waals surface area contributed by atoms with Gasteiger partial charge < -0.3 is 79.4 Å². The van der Waals surface area contributed by atoms with Crippen LogP contribution >= 0.6 is 0 Å². The van der Waals surface area contributed by atoms with Crippen LogP contribution in [0.2, 0.25) is 0 Å². The molecule has 0 unspecified atom stereocenters. The summed E-state index contributed by atoms with van der Waals surface area (Å²) in [6, 6.07) is 12.0. The number of ether oxygens (including phenoxy) is 9. The molecule has 0 saturated carbocycles. The number of benzene rings is 2. The van der Waals surface area contributed by atoms with Gasteiger partial charge in [0.05, 0.1) is 116 Å². The Labute approximate surface area is 485 Å². The summed E-state index contributed by atoms with van der Waals surface area (Å²) < 4.78 is 48.2. The van der Waals surface area contributed by atoms with Crippen LogP contribution in [0.15, 0.2) is 60.7 Å². The molecule has 1 aliphatic rings. The molecule has 1 aliphatic heterocycles. The summed E-state index contributed by atoms with van der Waals surface area (Å²) >= 11 is 0. The van der Waals surface area contributed by atoms with Crippen molar-refractivity contribution in [3.8, 4) is 11.5 Å². The fourth-order valence-electron chi connectivity index (χ4n) is 7.35. The standard InChI is InChI=1S/C40H56N6O11.C17H28N2O7/c1-4-53-19-20-55-23-24-56-22-21-54-18-14-35(48)41-16-8-17-57-33-13-6-11-31(26-33)37(49)43-27-34(39(51)52)46-38(50)36-28(2)44-40(45-29(36)3)42-15-7-10-30-9-5-12-32(47)25-30;1-2-23-9-10-25-13-14-26-12-11-24-8-6-18-15(20)5-7-19-16(21)3-4-17(19)22/h5-6,9,11-13,25-26,34,47H,4,7-8,10,14-24,27H2,1-3H3,(H,41,48)(H,43,49)(H,46,50)(H,51,52)(H,42,44,45);3-4H,2,5-14H2,1H3,(H,18,20)/t34-;/m0./s1. The van der Waals surface area contributed by atoms with Crippen LogP contribution in [-0.4, -0.2) is 218 Å². The first-order chi connectivity index (χ1) is 40.2. The van der Waals surface area contributed by atoms with Crippen LogP contribution < -0.4 is 31.3 Å². The van der Waals surface area contributed by atoms with Gasteiger partial charge in [-0.15, -0.1) is 0 Å². The first-order valence-corrected chi connectivity index (χ1v) is 27.8. The second-order valence-corrected chi connectivity index (χ2v) is 18.0. The van der Waals surface area contributed by atoms with Crippen molar-refractivity contribution in [2.45, 2.75) is 65.8 Å². The number of carbonyl (C=O) groups excluding carboxylic acids is 6. The highest BCUT2D eigenvalue weighted by Crippen LogP contribution is 2.16. The first-order valence-electron chi connectivity index (χ1n) is 27.8. The number of imide groups is 1. The van der Waals surface area contributed by atoms with E-state index in [4.69, 9.17) is 42.6 Å². The Morgan fingerprint density at radius 2 is 1.13 bits per heavy atom. The number of aromatic hydroxyl groups is 1. The number of hydrogen-bond donors (Lipinski definition) is 7. The number of carboxylic acid groups (broad SMARTS) is 1. The molecule has 0 aliphatic carbocycles. The second kappa shape index (κ2) is 43.5. The van der Waals surface area contributed by atoms with E-state index in [1.807, 2.05) is 19.9 Å². The summed E-state index contributed by atoms with van der Waals surface area (Å²) in [5, 5.41) is 33.1. The van der Waals surface area contributed by atoms with Gasteiger partial charge in [0.2, 0.25) is 17.8 Å². The normalized spacial score (nSPS) is 12.1. The number of nitrogens with one attached hydrogen (secondary N) is 5. The second-order valence-electron chi connectivity index (χ2n) is 18.0. The number of carbonyl (C=O) groups is 7. The summed E-state index contributed by atoms with van der Waals surface area (Å²) in [6.07, 6.45) is 4.70. The van der Waals surface area contributed by atoms with Crippen LogP contribution in [0.1, 0.15) is 77.2 Å². The molecule has 26 nitrogen and oxygen atoms in total. The van der Waals surface area contributed by atoms with Gasteiger partial charge in [-0.1, -0.05) is 18.2 Å². The topological polar surface area (TPSA) is 332 Å². The third-order valence-electron chi connectivity index (χ3n) is 11.6. The predicted molar refractivity (Wildman–Crippen MR) is 303 cm³/mol. The minimum atomic E-state index is -1.43. The smallest absolute Gasteiger partial charge is 0.328 e. The fourth-order valence-corrected chi connectivity index (χ4v) is 7.35. The van der Waals surface area contributed by atoms with Crippen molar-refractivity contribution >= 4 is 47.4 Å². The van der Waals surface area contributed by atoms with E-state index in [1.54, 1.807) is 50.2 Å². The third kappa shape index (κ3) is 31.7.